The largest absolute Gasteiger partial charge is 0.359 e. The van der Waals surface area contributed by atoms with E-state index in [0.717, 1.165) is 6.42 Å². The molecule has 1 saturated carbocycles. The van der Waals surface area contributed by atoms with E-state index in [2.05, 4.69) is 5.32 Å². The van der Waals surface area contributed by atoms with Gasteiger partial charge in [-0.15, -0.1) is 0 Å². The fourth-order valence-corrected chi connectivity index (χ4v) is 2.67. The average molecular weight is 269 g/mol. The number of hydrogen-bond donors (Lipinski definition) is 2. The second-order valence-electron chi connectivity index (χ2n) is 5.53. The molecule has 5 heteroatoms. The van der Waals surface area contributed by atoms with Gasteiger partial charge < -0.3 is 16.0 Å². The second kappa shape index (κ2) is 8.15. The van der Waals surface area contributed by atoms with Gasteiger partial charge in [0.15, 0.2) is 0 Å². The Kier molecular flexibility index (Phi) is 6.84. The maximum Gasteiger partial charge on any atom is 0.239 e. The third-order valence-corrected chi connectivity index (χ3v) is 3.96. The zero-order valence-electron chi connectivity index (χ0n) is 12.2. The van der Waals surface area contributed by atoms with E-state index in [-0.39, 0.29) is 11.8 Å². The molecule has 1 fully saturated rings. The van der Waals surface area contributed by atoms with Gasteiger partial charge in [0.25, 0.3) is 0 Å². The van der Waals surface area contributed by atoms with Crippen LogP contribution < -0.4 is 11.1 Å². The molecular formula is C14H27N3O2. The van der Waals surface area contributed by atoms with Gasteiger partial charge in [0.05, 0.1) is 6.04 Å². The Hall–Kier alpha value is -1.10. The van der Waals surface area contributed by atoms with E-state index >= 15 is 0 Å². The Balaban J connectivity index is 2.31. The molecule has 19 heavy (non-hydrogen) atoms. The zero-order valence-corrected chi connectivity index (χ0v) is 12.2. The highest BCUT2D eigenvalue weighted by Crippen LogP contribution is 2.27. The van der Waals surface area contributed by atoms with Crippen molar-refractivity contribution in [1.29, 1.82) is 0 Å². The SMILES string of the molecule is CNC(=O)CCN(C)C(=O)[C@@H](N)CC1CCCCC1. The molecule has 0 aromatic heterocycles. The number of carbonyl (C=O) groups is 2. The van der Waals surface area contributed by atoms with Crippen molar-refractivity contribution >= 4 is 11.8 Å². The highest BCUT2D eigenvalue weighted by Gasteiger charge is 2.23. The fourth-order valence-electron chi connectivity index (χ4n) is 2.67. The summed E-state index contributed by atoms with van der Waals surface area (Å²) in [6.45, 7) is 0.427. The summed E-state index contributed by atoms with van der Waals surface area (Å²) in [6.07, 6.45) is 7.34. The number of nitrogens with one attached hydrogen (secondary N) is 1. The maximum atomic E-state index is 12.1. The van der Waals surface area contributed by atoms with E-state index in [1.807, 2.05) is 0 Å². The first-order chi connectivity index (χ1) is 9.04. The minimum absolute atomic E-state index is 0.0468. The van der Waals surface area contributed by atoms with Crippen LogP contribution in [0.25, 0.3) is 0 Å². The number of carbonyl (C=O) groups excluding carboxylic acids is 2. The first-order valence-corrected chi connectivity index (χ1v) is 7.25. The van der Waals surface area contributed by atoms with Crippen LogP contribution in [0.4, 0.5) is 0 Å². The lowest BCUT2D eigenvalue weighted by molar-refractivity contribution is -0.132. The minimum Gasteiger partial charge on any atom is -0.359 e. The number of nitrogens with zero attached hydrogens (tertiary/aromatic N) is 1. The Morgan fingerprint density at radius 1 is 1.32 bits per heavy atom. The van der Waals surface area contributed by atoms with Crippen molar-refractivity contribution in [2.24, 2.45) is 11.7 Å². The summed E-state index contributed by atoms with van der Waals surface area (Å²) in [7, 11) is 3.31. The van der Waals surface area contributed by atoms with Crippen molar-refractivity contribution in [2.45, 2.75) is 51.0 Å². The molecule has 1 atom stereocenters. The van der Waals surface area contributed by atoms with Crippen LogP contribution in [0.1, 0.15) is 44.9 Å². The summed E-state index contributed by atoms with van der Waals surface area (Å²) < 4.78 is 0. The molecule has 3 N–H and O–H groups in total. The van der Waals surface area contributed by atoms with Crippen molar-refractivity contribution in [3.63, 3.8) is 0 Å². The highest BCUT2D eigenvalue weighted by atomic mass is 16.2. The third kappa shape index (κ3) is 5.59. The predicted molar refractivity (Wildman–Crippen MR) is 75.5 cm³/mol. The van der Waals surface area contributed by atoms with Gasteiger partial charge >= 0.3 is 0 Å². The molecule has 2 amide bonds. The van der Waals surface area contributed by atoms with Gasteiger partial charge in [-0.25, -0.2) is 0 Å². The topological polar surface area (TPSA) is 75.4 Å². The molecule has 0 aliphatic heterocycles. The Morgan fingerprint density at radius 2 is 1.95 bits per heavy atom. The second-order valence-corrected chi connectivity index (χ2v) is 5.53. The summed E-state index contributed by atoms with van der Waals surface area (Å²) in [5.41, 5.74) is 6.00. The van der Waals surface area contributed by atoms with Crippen molar-refractivity contribution in [3.05, 3.63) is 0 Å². The molecule has 0 radical (unpaired) electrons. The molecule has 0 spiro atoms. The van der Waals surface area contributed by atoms with Gasteiger partial charge in [0.1, 0.15) is 0 Å². The smallest absolute Gasteiger partial charge is 0.239 e. The molecule has 5 nitrogen and oxygen atoms in total. The first kappa shape index (κ1) is 16.0. The Bertz CT molecular complexity index is 301. The van der Waals surface area contributed by atoms with Gasteiger partial charge in [-0.2, -0.15) is 0 Å². The number of nitrogens with two attached hydrogens (primary N) is 1. The summed E-state index contributed by atoms with van der Waals surface area (Å²) in [4.78, 5) is 24.8. The molecule has 1 rings (SSSR count). The summed E-state index contributed by atoms with van der Waals surface area (Å²) in [5, 5.41) is 2.55. The number of amides is 2. The van der Waals surface area contributed by atoms with Crippen molar-refractivity contribution < 1.29 is 9.59 Å². The van der Waals surface area contributed by atoms with Crippen LogP contribution >= 0.6 is 0 Å². The quantitative estimate of drug-likeness (QED) is 0.751. The fraction of sp³-hybridized carbons (Fsp3) is 0.857. The summed E-state index contributed by atoms with van der Waals surface area (Å²) in [6, 6.07) is -0.419. The van der Waals surface area contributed by atoms with Crippen molar-refractivity contribution in [3.8, 4) is 0 Å². The van der Waals surface area contributed by atoms with E-state index in [0.29, 0.717) is 18.9 Å². The monoisotopic (exact) mass is 269 g/mol. The van der Waals surface area contributed by atoms with E-state index in [1.54, 1.807) is 19.0 Å². The number of likely N-dealkylation sites (N-methyl/N-ethyl adjacent to an activating group) is 1. The highest BCUT2D eigenvalue weighted by molar-refractivity contribution is 5.82. The maximum absolute atomic E-state index is 12.1. The van der Waals surface area contributed by atoms with Gasteiger partial charge in [0, 0.05) is 27.1 Å². The Morgan fingerprint density at radius 3 is 2.53 bits per heavy atom. The third-order valence-electron chi connectivity index (χ3n) is 3.96. The van der Waals surface area contributed by atoms with E-state index in [9.17, 15) is 9.59 Å². The standard InChI is InChI=1S/C14H27N3O2/c1-16-13(18)8-9-17(2)14(19)12(15)10-11-6-4-3-5-7-11/h11-12H,3-10,15H2,1-2H3,(H,16,18)/t12-/m0/s1. The van der Waals surface area contributed by atoms with Crippen LogP contribution in [0.5, 0.6) is 0 Å². The van der Waals surface area contributed by atoms with Gasteiger partial charge in [-0.3, -0.25) is 9.59 Å². The van der Waals surface area contributed by atoms with Crippen LogP contribution in [-0.2, 0) is 9.59 Å². The number of hydrogen-bond acceptors (Lipinski definition) is 3. The van der Waals surface area contributed by atoms with Gasteiger partial charge in [-0.1, -0.05) is 32.1 Å². The van der Waals surface area contributed by atoms with Crippen LogP contribution in [0.2, 0.25) is 0 Å². The van der Waals surface area contributed by atoms with Crippen LogP contribution in [0.15, 0.2) is 0 Å². The first-order valence-electron chi connectivity index (χ1n) is 7.25. The predicted octanol–water partition coefficient (Wildman–Crippen LogP) is 0.879. The molecule has 0 bridgehead atoms. The molecule has 0 aromatic carbocycles. The molecule has 1 aliphatic carbocycles. The van der Waals surface area contributed by atoms with E-state index in [4.69, 9.17) is 5.73 Å². The van der Waals surface area contributed by atoms with Gasteiger partial charge in [-0.05, 0) is 12.3 Å². The molecular weight excluding hydrogens is 242 g/mol. The minimum atomic E-state index is -0.419. The lowest BCUT2D eigenvalue weighted by Crippen LogP contribution is -2.44. The van der Waals surface area contributed by atoms with Crippen LogP contribution in [0.3, 0.4) is 0 Å². The normalized spacial score (nSPS) is 17.8. The van der Waals surface area contributed by atoms with Crippen molar-refractivity contribution in [1.82, 2.24) is 10.2 Å². The van der Waals surface area contributed by atoms with E-state index in [1.165, 1.54) is 32.1 Å². The lowest BCUT2D eigenvalue weighted by Gasteiger charge is -2.26. The van der Waals surface area contributed by atoms with Gasteiger partial charge in [0.2, 0.25) is 11.8 Å². The average Bonchev–Trinajstić information content (AvgIpc) is 2.44. The molecule has 0 heterocycles. The lowest BCUT2D eigenvalue weighted by atomic mass is 9.85. The molecule has 1 aliphatic rings. The summed E-state index contributed by atoms with van der Waals surface area (Å²) in [5.74, 6) is 0.495. The van der Waals surface area contributed by atoms with Crippen LogP contribution in [-0.4, -0.2) is 43.4 Å². The molecule has 0 aromatic rings. The number of rotatable bonds is 6. The Labute approximate surface area is 115 Å². The molecule has 110 valence electrons. The van der Waals surface area contributed by atoms with E-state index < -0.39 is 6.04 Å². The molecule has 0 saturated heterocycles. The van der Waals surface area contributed by atoms with Crippen molar-refractivity contribution in [2.75, 3.05) is 20.6 Å². The summed E-state index contributed by atoms with van der Waals surface area (Å²) >= 11 is 0. The zero-order chi connectivity index (χ0) is 14.3. The molecule has 0 unspecified atom stereocenters. The van der Waals surface area contributed by atoms with Crippen LogP contribution in [0, 0.1) is 5.92 Å².